The van der Waals surface area contributed by atoms with Gasteiger partial charge in [-0.05, 0) is 37.3 Å². The zero-order valence-electron chi connectivity index (χ0n) is 10.8. The molecule has 0 amide bonds. The quantitative estimate of drug-likeness (QED) is 0.842. The van der Waals surface area contributed by atoms with E-state index in [9.17, 15) is 4.39 Å². The SMILES string of the molecule is Cc1nnc(N2CCC(c3ccccc3F)CC2)s1. The van der Waals surface area contributed by atoms with Crippen LogP contribution in [0.25, 0.3) is 0 Å². The Kier molecular flexibility index (Phi) is 3.46. The Morgan fingerprint density at radius 2 is 1.95 bits per heavy atom. The van der Waals surface area contributed by atoms with Crippen molar-refractivity contribution in [1.82, 2.24) is 10.2 Å². The molecule has 100 valence electrons. The van der Waals surface area contributed by atoms with Crippen LogP contribution < -0.4 is 4.90 Å². The number of benzene rings is 1. The minimum atomic E-state index is -0.0762. The van der Waals surface area contributed by atoms with Gasteiger partial charge in [-0.1, -0.05) is 29.5 Å². The second kappa shape index (κ2) is 5.25. The van der Waals surface area contributed by atoms with Crippen LogP contribution in [0.4, 0.5) is 9.52 Å². The number of anilines is 1. The van der Waals surface area contributed by atoms with Gasteiger partial charge in [-0.2, -0.15) is 0 Å². The maximum absolute atomic E-state index is 13.8. The van der Waals surface area contributed by atoms with E-state index < -0.39 is 0 Å². The molecule has 3 nitrogen and oxygen atoms in total. The van der Waals surface area contributed by atoms with Crippen molar-refractivity contribution in [2.24, 2.45) is 0 Å². The first-order chi connectivity index (χ1) is 9.24. The normalized spacial score (nSPS) is 16.8. The molecule has 5 heteroatoms. The summed E-state index contributed by atoms with van der Waals surface area (Å²) in [5.41, 5.74) is 0.857. The predicted octanol–water partition coefficient (Wildman–Crippen LogP) is 3.37. The van der Waals surface area contributed by atoms with Gasteiger partial charge in [0.15, 0.2) is 0 Å². The number of aryl methyl sites for hydroxylation is 1. The van der Waals surface area contributed by atoms with E-state index in [1.165, 1.54) is 0 Å². The number of hydrogen-bond acceptors (Lipinski definition) is 4. The second-order valence-corrected chi connectivity index (χ2v) is 6.05. The third-order valence-corrected chi connectivity index (χ3v) is 4.53. The number of hydrogen-bond donors (Lipinski definition) is 0. The van der Waals surface area contributed by atoms with Gasteiger partial charge in [-0.25, -0.2) is 4.39 Å². The highest BCUT2D eigenvalue weighted by molar-refractivity contribution is 7.15. The van der Waals surface area contributed by atoms with Gasteiger partial charge in [0, 0.05) is 13.1 Å². The van der Waals surface area contributed by atoms with Crippen LogP contribution >= 0.6 is 11.3 Å². The summed E-state index contributed by atoms with van der Waals surface area (Å²) < 4.78 is 13.8. The molecule has 19 heavy (non-hydrogen) atoms. The molecule has 3 rings (SSSR count). The molecule has 0 saturated carbocycles. The summed E-state index contributed by atoms with van der Waals surface area (Å²) in [4.78, 5) is 2.25. The molecule has 2 heterocycles. The highest BCUT2D eigenvalue weighted by Crippen LogP contribution is 2.32. The molecular formula is C14H16FN3S. The fourth-order valence-electron chi connectivity index (χ4n) is 2.60. The van der Waals surface area contributed by atoms with Crippen LogP contribution in [0.2, 0.25) is 0 Å². The molecule has 0 atom stereocenters. The molecule has 0 unspecified atom stereocenters. The van der Waals surface area contributed by atoms with E-state index in [1.807, 2.05) is 19.1 Å². The topological polar surface area (TPSA) is 29.0 Å². The molecule has 1 aliphatic heterocycles. The first kappa shape index (κ1) is 12.5. The summed E-state index contributed by atoms with van der Waals surface area (Å²) in [6.07, 6.45) is 1.94. The maximum Gasteiger partial charge on any atom is 0.208 e. The number of halogens is 1. The summed E-state index contributed by atoms with van der Waals surface area (Å²) in [5.74, 6) is 0.249. The van der Waals surface area contributed by atoms with Crippen LogP contribution in [0.5, 0.6) is 0 Å². The van der Waals surface area contributed by atoms with Crippen molar-refractivity contribution in [2.45, 2.75) is 25.7 Å². The van der Waals surface area contributed by atoms with Crippen LogP contribution in [0, 0.1) is 12.7 Å². The molecule has 2 aromatic rings. The summed E-state index contributed by atoms with van der Waals surface area (Å²) in [6, 6.07) is 7.12. The molecule has 1 aromatic heterocycles. The largest absolute Gasteiger partial charge is 0.347 e. The van der Waals surface area contributed by atoms with Crippen molar-refractivity contribution < 1.29 is 4.39 Å². The van der Waals surface area contributed by atoms with Gasteiger partial charge in [-0.15, -0.1) is 10.2 Å². The first-order valence-electron chi connectivity index (χ1n) is 6.53. The fraction of sp³-hybridized carbons (Fsp3) is 0.429. The van der Waals surface area contributed by atoms with Crippen molar-refractivity contribution in [3.8, 4) is 0 Å². The van der Waals surface area contributed by atoms with Crippen molar-refractivity contribution in [3.63, 3.8) is 0 Å². The maximum atomic E-state index is 13.8. The van der Waals surface area contributed by atoms with Crippen LogP contribution in [0.1, 0.15) is 29.3 Å². The molecule has 1 aliphatic rings. The van der Waals surface area contributed by atoms with Gasteiger partial charge < -0.3 is 4.90 Å². The van der Waals surface area contributed by atoms with Gasteiger partial charge >= 0.3 is 0 Å². The highest BCUT2D eigenvalue weighted by Gasteiger charge is 2.24. The lowest BCUT2D eigenvalue weighted by atomic mass is 9.89. The molecule has 0 spiro atoms. The van der Waals surface area contributed by atoms with Crippen LogP contribution in [0.15, 0.2) is 24.3 Å². The Morgan fingerprint density at radius 3 is 2.58 bits per heavy atom. The van der Waals surface area contributed by atoms with Crippen LogP contribution in [0.3, 0.4) is 0 Å². The zero-order valence-corrected chi connectivity index (χ0v) is 11.7. The number of nitrogens with zero attached hydrogens (tertiary/aromatic N) is 3. The van der Waals surface area contributed by atoms with Gasteiger partial charge in [0.05, 0.1) is 0 Å². The van der Waals surface area contributed by atoms with E-state index >= 15 is 0 Å². The third kappa shape index (κ3) is 2.61. The van der Waals surface area contributed by atoms with Gasteiger partial charge in [0.1, 0.15) is 10.8 Å². The highest BCUT2D eigenvalue weighted by atomic mass is 32.1. The fourth-order valence-corrected chi connectivity index (χ4v) is 3.34. The predicted molar refractivity (Wildman–Crippen MR) is 75.2 cm³/mol. The van der Waals surface area contributed by atoms with E-state index in [0.717, 1.165) is 41.6 Å². The molecule has 0 N–H and O–H groups in total. The van der Waals surface area contributed by atoms with Gasteiger partial charge in [0.2, 0.25) is 5.13 Å². The average molecular weight is 277 g/mol. The Bertz CT molecular complexity index is 561. The van der Waals surface area contributed by atoms with E-state index in [4.69, 9.17) is 0 Å². The van der Waals surface area contributed by atoms with Crippen molar-refractivity contribution in [1.29, 1.82) is 0 Å². The molecule has 1 fully saturated rings. The standard InChI is InChI=1S/C14H16FN3S/c1-10-16-17-14(19-10)18-8-6-11(7-9-18)12-4-2-3-5-13(12)15/h2-5,11H,6-9H2,1H3. The zero-order chi connectivity index (χ0) is 13.2. The monoisotopic (exact) mass is 277 g/mol. The Morgan fingerprint density at radius 1 is 1.21 bits per heavy atom. The molecular weight excluding hydrogens is 261 g/mol. The van der Waals surface area contributed by atoms with Crippen molar-refractivity contribution >= 4 is 16.5 Å². The van der Waals surface area contributed by atoms with Crippen LogP contribution in [-0.4, -0.2) is 23.3 Å². The lowest BCUT2D eigenvalue weighted by Gasteiger charge is -2.31. The Balaban J connectivity index is 1.68. The van der Waals surface area contributed by atoms with Gasteiger partial charge in [-0.3, -0.25) is 0 Å². The summed E-state index contributed by atoms with van der Waals surface area (Å²) in [7, 11) is 0. The summed E-state index contributed by atoms with van der Waals surface area (Å²) in [6.45, 7) is 3.81. The molecule has 0 bridgehead atoms. The summed E-state index contributed by atoms with van der Waals surface area (Å²) >= 11 is 1.62. The minimum Gasteiger partial charge on any atom is -0.347 e. The van der Waals surface area contributed by atoms with Crippen molar-refractivity contribution in [3.05, 3.63) is 40.7 Å². The molecule has 0 radical (unpaired) electrons. The van der Waals surface area contributed by atoms with E-state index in [2.05, 4.69) is 15.1 Å². The van der Waals surface area contributed by atoms with E-state index in [1.54, 1.807) is 23.5 Å². The number of rotatable bonds is 2. The molecule has 1 aromatic carbocycles. The van der Waals surface area contributed by atoms with Crippen molar-refractivity contribution in [2.75, 3.05) is 18.0 Å². The Labute approximate surface area is 116 Å². The first-order valence-corrected chi connectivity index (χ1v) is 7.35. The number of aromatic nitrogens is 2. The van der Waals surface area contributed by atoms with Crippen LogP contribution in [-0.2, 0) is 0 Å². The second-order valence-electron chi connectivity index (χ2n) is 4.89. The number of piperidine rings is 1. The summed E-state index contributed by atoms with van der Waals surface area (Å²) in [5, 5.41) is 10.2. The molecule has 1 saturated heterocycles. The van der Waals surface area contributed by atoms with Gasteiger partial charge in [0.25, 0.3) is 0 Å². The molecule has 0 aliphatic carbocycles. The van der Waals surface area contributed by atoms with E-state index in [0.29, 0.717) is 5.92 Å². The average Bonchev–Trinajstić information content (AvgIpc) is 2.86. The smallest absolute Gasteiger partial charge is 0.208 e. The van der Waals surface area contributed by atoms with E-state index in [-0.39, 0.29) is 5.82 Å². The lowest BCUT2D eigenvalue weighted by molar-refractivity contribution is 0.481. The lowest BCUT2D eigenvalue weighted by Crippen LogP contribution is -2.33. The minimum absolute atomic E-state index is 0.0762. The third-order valence-electron chi connectivity index (χ3n) is 3.63. The Hall–Kier alpha value is -1.49.